The minimum atomic E-state index is -4.38. The molecule has 0 amide bonds. The molecule has 1 aliphatic rings. The van der Waals surface area contributed by atoms with Gasteiger partial charge in [-0.3, -0.25) is 4.79 Å². The third kappa shape index (κ3) is 3.19. The fourth-order valence-corrected chi connectivity index (χ4v) is 3.51. The van der Waals surface area contributed by atoms with E-state index in [1.807, 2.05) is 48.5 Å². The number of halogens is 3. The van der Waals surface area contributed by atoms with Crippen LogP contribution >= 0.6 is 0 Å². The molecule has 4 rings (SSSR count). The van der Waals surface area contributed by atoms with Crippen LogP contribution in [-0.2, 0) is 6.18 Å². The summed E-state index contributed by atoms with van der Waals surface area (Å²) in [7, 11) is 0. The van der Waals surface area contributed by atoms with Crippen LogP contribution < -0.4 is 0 Å². The van der Waals surface area contributed by atoms with Crippen LogP contribution in [0, 0.1) is 0 Å². The molecule has 1 atom stereocenters. The number of allylic oxidation sites excluding steroid dienone is 1. The molecular formula is C23H15F3O. The van der Waals surface area contributed by atoms with Gasteiger partial charge in [0, 0.05) is 17.1 Å². The number of carbonyl (C=O) groups is 1. The van der Waals surface area contributed by atoms with Crippen molar-refractivity contribution in [2.75, 3.05) is 0 Å². The number of carbonyl (C=O) groups excluding carboxylic acids is 1. The number of hydrogen-bond acceptors (Lipinski definition) is 1. The van der Waals surface area contributed by atoms with Gasteiger partial charge in [-0.05, 0) is 34.9 Å². The topological polar surface area (TPSA) is 17.1 Å². The van der Waals surface area contributed by atoms with Crippen LogP contribution in [0.2, 0.25) is 0 Å². The van der Waals surface area contributed by atoms with Gasteiger partial charge in [-0.15, -0.1) is 0 Å². The van der Waals surface area contributed by atoms with Crippen LogP contribution in [0.3, 0.4) is 0 Å². The summed E-state index contributed by atoms with van der Waals surface area (Å²) in [6, 6.07) is 22.0. The summed E-state index contributed by atoms with van der Waals surface area (Å²) in [4.78, 5) is 13.0. The van der Waals surface area contributed by atoms with E-state index in [1.54, 1.807) is 12.1 Å². The maximum atomic E-state index is 13.0. The van der Waals surface area contributed by atoms with E-state index < -0.39 is 11.7 Å². The third-order valence-electron chi connectivity index (χ3n) is 4.78. The predicted molar refractivity (Wildman–Crippen MR) is 98.5 cm³/mol. The molecule has 0 spiro atoms. The van der Waals surface area contributed by atoms with E-state index in [4.69, 9.17) is 0 Å². The Morgan fingerprint density at radius 2 is 1.41 bits per heavy atom. The van der Waals surface area contributed by atoms with Crippen molar-refractivity contribution in [1.82, 2.24) is 0 Å². The van der Waals surface area contributed by atoms with Gasteiger partial charge in [0.25, 0.3) is 0 Å². The molecule has 1 nitrogen and oxygen atoms in total. The van der Waals surface area contributed by atoms with E-state index in [0.29, 0.717) is 16.7 Å². The fourth-order valence-electron chi connectivity index (χ4n) is 3.51. The zero-order chi connectivity index (χ0) is 19.0. The van der Waals surface area contributed by atoms with Gasteiger partial charge < -0.3 is 0 Å². The Labute approximate surface area is 154 Å². The lowest BCUT2D eigenvalue weighted by molar-refractivity contribution is -0.137. The number of hydrogen-bond donors (Lipinski definition) is 0. The monoisotopic (exact) mass is 364 g/mol. The highest BCUT2D eigenvalue weighted by molar-refractivity contribution is 6.17. The van der Waals surface area contributed by atoms with E-state index in [2.05, 4.69) is 0 Å². The van der Waals surface area contributed by atoms with Crippen molar-refractivity contribution in [1.29, 1.82) is 0 Å². The first kappa shape index (κ1) is 17.3. The lowest BCUT2D eigenvalue weighted by atomic mass is 9.89. The molecule has 4 heteroatoms. The second-order valence-electron chi connectivity index (χ2n) is 6.48. The van der Waals surface area contributed by atoms with Gasteiger partial charge in [0.1, 0.15) is 0 Å². The summed E-state index contributed by atoms with van der Waals surface area (Å²) in [5, 5.41) is 0. The number of fused-ring (bicyclic) bond motifs is 1. The zero-order valence-electron chi connectivity index (χ0n) is 14.2. The average Bonchev–Trinajstić information content (AvgIpc) is 2.94. The van der Waals surface area contributed by atoms with Gasteiger partial charge in [-0.1, -0.05) is 66.7 Å². The second-order valence-corrected chi connectivity index (χ2v) is 6.48. The van der Waals surface area contributed by atoms with Gasteiger partial charge in [0.2, 0.25) is 0 Å². The van der Waals surface area contributed by atoms with E-state index >= 15 is 0 Å². The van der Waals surface area contributed by atoms with Crippen LogP contribution in [0.1, 0.15) is 38.5 Å². The normalized spacial score (nSPS) is 18.0. The summed E-state index contributed by atoms with van der Waals surface area (Å²) in [6.45, 7) is 0. The van der Waals surface area contributed by atoms with Crippen molar-refractivity contribution < 1.29 is 18.0 Å². The van der Waals surface area contributed by atoms with E-state index in [-0.39, 0.29) is 11.7 Å². The van der Waals surface area contributed by atoms with Gasteiger partial charge >= 0.3 is 6.18 Å². The smallest absolute Gasteiger partial charge is 0.289 e. The van der Waals surface area contributed by atoms with Crippen LogP contribution in [0.25, 0.3) is 6.08 Å². The molecule has 0 unspecified atom stereocenters. The Bertz CT molecular complexity index is 1020. The van der Waals surface area contributed by atoms with Crippen LogP contribution in [-0.4, -0.2) is 5.78 Å². The summed E-state index contributed by atoms with van der Waals surface area (Å²) in [5.41, 5.74) is 2.98. The minimum Gasteiger partial charge on any atom is -0.289 e. The average molecular weight is 364 g/mol. The molecule has 1 aliphatic carbocycles. The van der Waals surface area contributed by atoms with Gasteiger partial charge in [0.15, 0.2) is 5.78 Å². The van der Waals surface area contributed by atoms with E-state index in [0.717, 1.165) is 23.3 Å². The molecule has 27 heavy (non-hydrogen) atoms. The Kier molecular flexibility index (Phi) is 4.19. The van der Waals surface area contributed by atoms with Crippen LogP contribution in [0.15, 0.2) is 84.4 Å². The molecule has 0 aliphatic heterocycles. The molecule has 0 N–H and O–H groups in total. The molecule has 0 saturated heterocycles. The number of Topliss-reactive ketones (excluding diaryl/α,β-unsaturated/α-hetero) is 1. The molecule has 0 bridgehead atoms. The van der Waals surface area contributed by atoms with Gasteiger partial charge in [-0.25, -0.2) is 0 Å². The SMILES string of the molecule is O=C1/C(=C/c2ccc(C(F)(F)F)cc2)[C@@H](c2ccccc2)c2ccccc21. The van der Waals surface area contributed by atoms with Crippen molar-refractivity contribution in [2.45, 2.75) is 12.1 Å². The molecule has 0 fully saturated rings. The van der Waals surface area contributed by atoms with Gasteiger partial charge in [0.05, 0.1) is 5.56 Å². The third-order valence-corrected chi connectivity index (χ3v) is 4.78. The van der Waals surface area contributed by atoms with Crippen molar-refractivity contribution in [3.8, 4) is 0 Å². The highest BCUT2D eigenvalue weighted by atomic mass is 19.4. The second kappa shape index (κ2) is 6.54. The summed E-state index contributed by atoms with van der Waals surface area (Å²) < 4.78 is 38.3. The van der Waals surface area contributed by atoms with Crippen molar-refractivity contribution in [3.63, 3.8) is 0 Å². The first-order valence-electron chi connectivity index (χ1n) is 8.52. The molecule has 0 aromatic heterocycles. The van der Waals surface area contributed by atoms with Crippen LogP contribution in [0.5, 0.6) is 0 Å². The lowest BCUT2D eigenvalue weighted by Crippen LogP contribution is -2.04. The summed E-state index contributed by atoms with van der Waals surface area (Å²) in [6.07, 6.45) is -2.68. The first-order valence-corrected chi connectivity index (χ1v) is 8.52. The quantitative estimate of drug-likeness (QED) is 0.501. The highest BCUT2D eigenvalue weighted by Crippen LogP contribution is 2.42. The Balaban J connectivity index is 1.81. The predicted octanol–water partition coefficient (Wildman–Crippen LogP) is 6.12. The molecule has 134 valence electrons. The Morgan fingerprint density at radius 3 is 2.07 bits per heavy atom. The number of rotatable bonds is 2. The number of benzene rings is 3. The molecular weight excluding hydrogens is 349 g/mol. The summed E-state index contributed by atoms with van der Waals surface area (Å²) >= 11 is 0. The molecule has 3 aromatic carbocycles. The van der Waals surface area contributed by atoms with Crippen molar-refractivity contribution in [3.05, 3.63) is 112 Å². The Hall–Kier alpha value is -3.14. The largest absolute Gasteiger partial charge is 0.416 e. The fraction of sp³-hybridized carbons (Fsp3) is 0.0870. The minimum absolute atomic E-state index is 0.0839. The van der Waals surface area contributed by atoms with Crippen molar-refractivity contribution in [2.24, 2.45) is 0 Å². The number of alkyl halides is 3. The standard InChI is InChI=1S/C23H15F3O/c24-23(25,26)17-12-10-15(11-13-17)14-20-21(16-6-2-1-3-7-16)18-8-4-5-9-19(18)22(20)27/h1-14,21H/b20-14+/t21-/m0/s1. The lowest BCUT2D eigenvalue weighted by Gasteiger charge is -2.14. The van der Waals surface area contributed by atoms with Crippen LogP contribution in [0.4, 0.5) is 13.2 Å². The van der Waals surface area contributed by atoms with Crippen molar-refractivity contribution >= 4 is 11.9 Å². The van der Waals surface area contributed by atoms with E-state index in [9.17, 15) is 18.0 Å². The highest BCUT2D eigenvalue weighted by Gasteiger charge is 2.35. The molecule has 0 heterocycles. The maximum Gasteiger partial charge on any atom is 0.416 e. The van der Waals surface area contributed by atoms with Gasteiger partial charge in [-0.2, -0.15) is 13.2 Å². The number of ketones is 1. The first-order chi connectivity index (χ1) is 12.9. The van der Waals surface area contributed by atoms with E-state index in [1.165, 1.54) is 12.1 Å². The Morgan fingerprint density at radius 1 is 0.778 bits per heavy atom. The maximum absolute atomic E-state index is 13.0. The molecule has 0 radical (unpaired) electrons. The molecule has 0 saturated carbocycles. The molecule has 3 aromatic rings. The zero-order valence-corrected chi connectivity index (χ0v) is 14.2. The summed E-state index contributed by atoms with van der Waals surface area (Å²) in [5.74, 6) is -0.309.